The number of nitro benzene ring substituents is 1. The molecule has 1 aromatic carbocycles. The average molecular weight is 292 g/mol. The molecule has 0 spiro atoms. The second-order valence-corrected chi connectivity index (χ2v) is 5.23. The molecule has 1 aliphatic heterocycles. The van der Waals surface area contributed by atoms with Gasteiger partial charge in [0.15, 0.2) is 5.52 Å². The van der Waals surface area contributed by atoms with Crippen molar-refractivity contribution in [3.63, 3.8) is 0 Å². The van der Waals surface area contributed by atoms with Crippen LogP contribution >= 0.6 is 0 Å². The fourth-order valence-corrected chi connectivity index (χ4v) is 2.70. The summed E-state index contributed by atoms with van der Waals surface area (Å²) in [7, 11) is 0. The standard InChI is InChI=1S/C13H16N4O4/c1-8(9-4-6-20-7-5-9)14-10-2-3-11(17(18)19)13-12(10)15-21-16-13/h2-3,8-9,14H,4-7H2,1H3. The van der Waals surface area contributed by atoms with E-state index in [9.17, 15) is 10.1 Å². The molecule has 2 aromatic rings. The highest BCUT2D eigenvalue weighted by Crippen LogP contribution is 2.30. The number of rotatable bonds is 4. The van der Waals surface area contributed by atoms with Crippen molar-refractivity contribution in [2.75, 3.05) is 18.5 Å². The number of ether oxygens (including phenoxy) is 1. The number of hydrogen-bond acceptors (Lipinski definition) is 7. The fraction of sp³-hybridized carbons (Fsp3) is 0.538. The first-order valence-corrected chi connectivity index (χ1v) is 6.91. The fourth-order valence-electron chi connectivity index (χ4n) is 2.70. The lowest BCUT2D eigenvalue weighted by molar-refractivity contribution is -0.383. The monoisotopic (exact) mass is 292 g/mol. The molecular formula is C13H16N4O4. The maximum absolute atomic E-state index is 11.0. The molecule has 1 aliphatic rings. The molecule has 1 fully saturated rings. The summed E-state index contributed by atoms with van der Waals surface area (Å²) in [4.78, 5) is 10.5. The molecule has 8 heteroatoms. The van der Waals surface area contributed by atoms with Crippen LogP contribution in [0.2, 0.25) is 0 Å². The van der Waals surface area contributed by atoms with Crippen LogP contribution in [-0.2, 0) is 4.74 Å². The molecule has 1 N–H and O–H groups in total. The Morgan fingerprint density at radius 3 is 2.76 bits per heavy atom. The van der Waals surface area contributed by atoms with Gasteiger partial charge in [0.2, 0.25) is 5.52 Å². The molecule has 112 valence electrons. The highest BCUT2D eigenvalue weighted by molar-refractivity contribution is 5.93. The second kappa shape index (κ2) is 5.65. The van der Waals surface area contributed by atoms with E-state index >= 15 is 0 Å². The van der Waals surface area contributed by atoms with Gasteiger partial charge >= 0.3 is 5.69 Å². The summed E-state index contributed by atoms with van der Waals surface area (Å²) >= 11 is 0. The molecule has 0 aliphatic carbocycles. The lowest BCUT2D eigenvalue weighted by Gasteiger charge is -2.29. The van der Waals surface area contributed by atoms with Crippen molar-refractivity contribution in [3.05, 3.63) is 22.2 Å². The zero-order valence-electron chi connectivity index (χ0n) is 11.6. The Hall–Kier alpha value is -2.22. The van der Waals surface area contributed by atoms with Crippen molar-refractivity contribution in [1.29, 1.82) is 0 Å². The third-order valence-electron chi connectivity index (χ3n) is 3.95. The van der Waals surface area contributed by atoms with Crippen molar-refractivity contribution in [2.45, 2.75) is 25.8 Å². The number of benzene rings is 1. The Morgan fingerprint density at radius 2 is 2.05 bits per heavy atom. The minimum Gasteiger partial charge on any atom is -0.381 e. The predicted octanol–water partition coefficient (Wildman–Crippen LogP) is 2.36. The van der Waals surface area contributed by atoms with E-state index in [2.05, 4.69) is 27.2 Å². The summed E-state index contributed by atoms with van der Waals surface area (Å²) in [6.45, 7) is 3.65. The first kappa shape index (κ1) is 13.7. The zero-order chi connectivity index (χ0) is 14.8. The molecule has 1 aromatic heterocycles. The van der Waals surface area contributed by atoms with Gasteiger partial charge in [0, 0.05) is 25.3 Å². The number of non-ortho nitro benzene ring substituents is 1. The third-order valence-corrected chi connectivity index (χ3v) is 3.95. The molecule has 8 nitrogen and oxygen atoms in total. The minimum atomic E-state index is -0.488. The van der Waals surface area contributed by atoms with E-state index in [4.69, 9.17) is 4.74 Å². The Bertz CT molecular complexity index is 651. The molecule has 0 bridgehead atoms. The van der Waals surface area contributed by atoms with Crippen LogP contribution in [0.5, 0.6) is 0 Å². The Kier molecular flexibility index (Phi) is 3.70. The van der Waals surface area contributed by atoms with Gasteiger partial charge in [0.05, 0.1) is 10.6 Å². The maximum Gasteiger partial charge on any atom is 0.300 e. The van der Waals surface area contributed by atoms with Gasteiger partial charge in [-0.2, -0.15) is 0 Å². The number of nitrogens with one attached hydrogen (secondary N) is 1. The number of hydrogen-bond donors (Lipinski definition) is 1. The molecular weight excluding hydrogens is 276 g/mol. The highest BCUT2D eigenvalue weighted by atomic mass is 16.6. The van der Waals surface area contributed by atoms with E-state index < -0.39 is 4.92 Å². The van der Waals surface area contributed by atoms with E-state index in [0.29, 0.717) is 17.1 Å². The smallest absolute Gasteiger partial charge is 0.300 e. The van der Waals surface area contributed by atoms with E-state index in [1.165, 1.54) is 6.07 Å². The van der Waals surface area contributed by atoms with Crippen molar-refractivity contribution in [2.24, 2.45) is 5.92 Å². The SMILES string of the molecule is CC(Nc1ccc([N+](=O)[O-])c2nonc12)C1CCOCC1. The van der Waals surface area contributed by atoms with Gasteiger partial charge in [-0.25, -0.2) is 4.63 Å². The van der Waals surface area contributed by atoms with Gasteiger partial charge in [0.25, 0.3) is 0 Å². The van der Waals surface area contributed by atoms with Crippen LogP contribution in [-0.4, -0.2) is 34.5 Å². The lowest BCUT2D eigenvalue weighted by Crippen LogP contribution is -2.31. The van der Waals surface area contributed by atoms with Gasteiger partial charge in [-0.3, -0.25) is 10.1 Å². The number of fused-ring (bicyclic) bond motifs is 1. The normalized spacial score (nSPS) is 17.8. The van der Waals surface area contributed by atoms with Crippen LogP contribution in [0.15, 0.2) is 16.8 Å². The Balaban J connectivity index is 1.85. The largest absolute Gasteiger partial charge is 0.381 e. The van der Waals surface area contributed by atoms with Crippen LogP contribution in [0.4, 0.5) is 11.4 Å². The molecule has 1 saturated heterocycles. The first-order chi connectivity index (χ1) is 10.2. The molecule has 1 atom stereocenters. The van der Waals surface area contributed by atoms with Crippen LogP contribution in [0.3, 0.4) is 0 Å². The Labute approximate surface area is 120 Å². The van der Waals surface area contributed by atoms with Gasteiger partial charge < -0.3 is 10.1 Å². The number of nitrogens with zero attached hydrogens (tertiary/aromatic N) is 3. The second-order valence-electron chi connectivity index (χ2n) is 5.23. The van der Waals surface area contributed by atoms with Gasteiger partial charge in [-0.1, -0.05) is 0 Å². The van der Waals surface area contributed by atoms with Crippen LogP contribution in [0.25, 0.3) is 11.0 Å². The highest BCUT2D eigenvalue weighted by Gasteiger charge is 2.24. The summed E-state index contributed by atoms with van der Waals surface area (Å²) < 4.78 is 10.0. The summed E-state index contributed by atoms with van der Waals surface area (Å²) in [5.74, 6) is 0.504. The molecule has 1 unspecified atom stereocenters. The van der Waals surface area contributed by atoms with Crippen molar-refractivity contribution in [3.8, 4) is 0 Å². The molecule has 0 amide bonds. The molecule has 0 saturated carbocycles. The predicted molar refractivity (Wildman–Crippen MR) is 75.1 cm³/mol. The van der Waals surface area contributed by atoms with Crippen LogP contribution in [0.1, 0.15) is 19.8 Å². The summed E-state index contributed by atoms with van der Waals surface area (Å²) in [5.41, 5.74) is 1.17. The molecule has 21 heavy (non-hydrogen) atoms. The van der Waals surface area contributed by atoms with Crippen molar-refractivity contribution >= 4 is 22.4 Å². The van der Waals surface area contributed by atoms with Crippen molar-refractivity contribution < 1.29 is 14.3 Å². The molecule has 2 heterocycles. The number of nitro groups is 1. The van der Waals surface area contributed by atoms with Crippen LogP contribution in [0, 0.1) is 16.0 Å². The summed E-state index contributed by atoms with van der Waals surface area (Å²) in [6, 6.07) is 3.29. The van der Waals surface area contributed by atoms with E-state index in [1.807, 2.05) is 0 Å². The molecule has 3 rings (SSSR count). The summed E-state index contributed by atoms with van der Waals surface area (Å²) in [6.07, 6.45) is 2.00. The maximum atomic E-state index is 11.0. The van der Waals surface area contributed by atoms with Gasteiger partial charge in [-0.15, -0.1) is 0 Å². The molecule has 0 radical (unpaired) electrons. The average Bonchev–Trinajstić information content (AvgIpc) is 2.98. The van der Waals surface area contributed by atoms with Crippen molar-refractivity contribution in [1.82, 2.24) is 10.3 Å². The minimum absolute atomic E-state index is 0.101. The quantitative estimate of drug-likeness (QED) is 0.681. The number of anilines is 1. The third kappa shape index (κ3) is 2.66. The van der Waals surface area contributed by atoms with Crippen LogP contribution < -0.4 is 5.32 Å². The number of aromatic nitrogens is 2. The summed E-state index contributed by atoms with van der Waals surface area (Å²) in [5, 5.41) is 21.7. The first-order valence-electron chi connectivity index (χ1n) is 6.91. The van der Waals surface area contributed by atoms with E-state index in [-0.39, 0.29) is 17.2 Å². The van der Waals surface area contributed by atoms with Gasteiger partial charge in [-0.05, 0) is 42.1 Å². The van der Waals surface area contributed by atoms with E-state index in [0.717, 1.165) is 26.1 Å². The topological polar surface area (TPSA) is 103 Å². The van der Waals surface area contributed by atoms with Gasteiger partial charge in [0.1, 0.15) is 0 Å². The Morgan fingerprint density at radius 1 is 1.33 bits per heavy atom. The zero-order valence-corrected chi connectivity index (χ0v) is 11.6. The lowest BCUT2D eigenvalue weighted by atomic mass is 9.93. The van der Waals surface area contributed by atoms with E-state index in [1.54, 1.807) is 6.07 Å².